The first kappa shape index (κ1) is 15.3. The number of para-hydroxylation sites is 1. The van der Waals surface area contributed by atoms with Crippen LogP contribution in [0.4, 0.5) is 5.69 Å². The summed E-state index contributed by atoms with van der Waals surface area (Å²) >= 11 is 0. The van der Waals surface area contributed by atoms with E-state index in [1.54, 1.807) is 31.2 Å². The van der Waals surface area contributed by atoms with Gasteiger partial charge < -0.3 is 0 Å². The van der Waals surface area contributed by atoms with Gasteiger partial charge in [0.25, 0.3) is 0 Å². The molecule has 110 valence electrons. The smallest absolute Gasteiger partial charge is 0.178 e. The van der Waals surface area contributed by atoms with E-state index in [0.717, 1.165) is 17.0 Å². The van der Waals surface area contributed by atoms with Crippen molar-refractivity contribution in [1.82, 2.24) is 0 Å². The van der Waals surface area contributed by atoms with Gasteiger partial charge in [-0.25, -0.2) is 8.42 Å². The van der Waals surface area contributed by atoms with Crippen LogP contribution in [0.5, 0.6) is 0 Å². The molecule has 2 rings (SSSR count). The lowest BCUT2D eigenvalue weighted by Gasteiger charge is -2.05. The van der Waals surface area contributed by atoms with E-state index in [9.17, 15) is 8.42 Å². The van der Waals surface area contributed by atoms with Crippen LogP contribution in [-0.2, 0) is 9.84 Å². The number of nitrogens with zero attached hydrogens (tertiary/aromatic N) is 1. The lowest BCUT2D eigenvalue weighted by Crippen LogP contribution is -2.05. The van der Waals surface area contributed by atoms with E-state index in [0.29, 0.717) is 4.90 Å². The van der Waals surface area contributed by atoms with Crippen LogP contribution < -0.4 is 5.43 Å². The van der Waals surface area contributed by atoms with Gasteiger partial charge in [0.2, 0.25) is 0 Å². The normalized spacial score (nSPS) is 12.2. The summed E-state index contributed by atoms with van der Waals surface area (Å²) in [6.45, 7) is 3.51. The average Bonchev–Trinajstić information content (AvgIpc) is 2.53. The number of rotatable bonds is 5. The summed E-state index contributed by atoms with van der Waals surface area (Å²) in [6, 6.07) is 16.4. The fourth-order valence-corrected chi connectivity index (χ4v) is 2.68. The van der Waals surface area contributed by atoms with Crippen molar-refractivity contribution in [2.75, 3.05) is 11.2 Å². The van der Waals surface area contributed by atoms with Gasteiger partial charge in [-0.3, -0.25) is 5.43 Å². The van der Waals surface area contributed by atoms with E-state index in [2.05, 4.69) is 10.5 Å². The number of nitrogens with one attached hydrogen (secondary N) is 1. The molecule has 0 unspecified atom stereocenters. The molecular weight excluding hydrogens is 284 g/mol. The van der Waals surface area contributed by atoms with Gasteiger partial charge in [0, 0.05) is 0 Å². The number of anilines is 1. The van der Waals surface area contributed by atoms with E-state index >= 15 is 0 Å². The molecule has 0 radical (unpaired) electrons. The number of hydrogen-bond donors (Lipinski definition) is 1. The van der Waals surface area contributed by atoms with Gasteiger partial charge in [-0.1, -0.05) is 37.3 Å². The molecule has 0 saturated carbocycles. The van der Waals surface area contributed by atoms with Crippen molar-refractivity contribution in [2.45, 2.75) is 18.7 Å². The minimum Gasteiger partial charge on any atom is -0.278 e. The van der Waals surface area contributed by atoms with Crippen molar-refractivity contribution in [3.63, 3.8) is 0 Å². The maximum absolute atomic E-state index is 11.8. The topological polar surface area (TPSA) is 58.5 Å². The number of hydrogen-bond acceptors (Lipinski definition) is 4. The van der Waals surface area contributed by atoms with Crippen LogP contribution in [0, 0.1) is 0 Å². The second kappa shape index (κ2) is 6.54. The molecule has 0 aliphatic carbocycles. The Kier molecular flexibility index (Phi) is 4.75. The van der Waals surface area contributed by atoms with Crippen molar-refractivity contribution in [1.29, 1.82) is 0 Å². The van der Waals surface area contributed by atoms with Gasteiger partial charge in [-0.15, -0.1) is 0 Å². The Morgan fingerprint density at radius 2 is 1.67 bits per heavy atom. The number of benzene rings is 2. The highest BCUT2D eigenvalue weighted by atomic mass is 32.2. The molecule has 0 aliphatic heterocycles. The van der Waals surface area contributed by atoms with Gasteiger partial charge in [-0.05, 0) is 36.8 Å². The molecule has 0 bridgehead atoms. The molecule has 2 aromatic carbocycles. The summed E-state index contributed by atoms with van der Waals surface area (Å²) in [4.78, 5) is 0.345. The van der Waals surface area contributed by atoms with Gasteiger partial charge >= 0.3 is 0 Å². The fraction of sp³-hybridized carbons (Fsp3) is 0.188. The third-order valence-electron chi connectivity index (χ3n) is 3.14. The molecule has 21 heavy (non-hydrogen) atoms. The Morgan fingerprint density at radius 3 is 2.24 bits per heavy atom. The highest BCUT2D eigenvalue weighted by Crippen LogP contribution is 2.13. The molecule has 0 aromatic heterocycles. The Labute approximate surface area is 125 Å². The van der Waals surface area contributed by atoms with E-state index in [4.69, 9.17) is 0 Å². The molecule has 0 fully saturated rings. The van der Waals surface area contributed by atoms with Crippen LogP contribution in [0.25, 0.3) is 0 Å². The van der Waals surface area contributed by atoms with Crippen molar-refractivity contribution >= 4 is 21.2 Å². The molecule has 2 aromatic rings. The molecule has 5 heteroatoms. The van der Waals surface area contributed by atoms with E-state index in [1.807, 2.05) is 37.3 Å². The predicted octanol–water partition coefficient (Wildman–Crippen LogP) is 3.32. The summed E-state index contributed by atoms with van der Waals surface area (Å²) in [5, 5.41) is 4.29. The molecule has 4 nitrogen and oxygen atoms in total. The van der Waals surface area contributed by atoms with Crippen molar-refractivity contribution in [2.24, 2.45) is 5.10 Å². The first-order valence-electron chi connectivity index (χ1n) is 6.71. The van der Waals surface area contributed by atoms with Gasteiger partial charge in [0.1, 0.15) is 0 Å². The van der Waals surface area contributed by atoms with E-state index in [1.165, 1.54) is 0 Å². The Morgan fingerprint density at radius 1 is 1.05 bits per heavy atom. The summed E-state index contributed by atoms with van der Waals surface area (Å²) in [7, 11) is -3.15. The Bertz CT molecular complexity index is 721. The summed E-state index contributed by atoms with van der Waals surface area (Å²) in [5.74, 6) is 0.106. The molecule has 0 aliphatic rings. The first-order valence-corrected chi connectivity index (χ1v) is 8.36. The second-order valence-corrected chi connectivity index (χ2v) is 6.88. The predicted molar refractivity (Wildman–Crippen MR) is 86.4 cm³/mol. The zero-order valence-corrected chi connectivity index (χ0v) is 12.9. The monoisotopic (exact) mass is 302 g/mol. The molecule has 0 saturated heterocycles. The average molecular weight is 302 g/mol. The zero-order valence-electron chi connectivity index (χ0n) is 12.1. The maximum atomic E-state index is 11.8. The third-order valence-corrected chi connectivity index (χ3v) is 4.89. The molecule has 0 spiro atoms. The lowest BCUT2D eigenvalue weighted by atomic mass is 10.1. The SMILES string of the molecule is CCS(=O)(=O)c1ccc(/C(C)=N/Nc2ccccc2)cc1. The Balaban J connectivity index is 2.15. The van der Waals surface area contributed by atoms with Gasteiger partial charge in [0.05, 0.1) is 22.0 Å². The number of hydrazone groups is 1. The highest BCUT2D eigenvalue weighted by Gasteiger charge is 2.11. The van der Waals surface area contributed by atoms with Crippen LogP contribution in [0.15, 0.2) is 64.6 Å². The van der Waals surface area contributed by atoms with Crippen molar-refractivity contribution in [3.8, 4) is 0 Å². The van der Waals surface area contributed by atoms with Crippen LogP contribution in [-0.4, -0.2) is 19.9 Å². The minimum absolute atomic E-state index is 0.106. The standard InChI is InChI=1S/C16H18N2O2S/c1-3-21(19,20)16-11-9-14(10-12-16)13(2)17-18-15-7-5-4-6-8-15/h4-12,18H,3H2,1-2H3/b17-13+. The molecular formula is C16H18N2O2S. The first-order chi connectivity index (χ1) is 10.0. The largest absolute Gasteiger partial charge is 0.278 e. The van der Waals surface area contributed by atoms with Gasteiger partial charge in [0.15, 0.2) is 9.84 Å². The Hall–Kier alpha value is -2.14. The summed E-state index contributed by atoms with van der Waals surface area (Å²) < 4.78 is 23.5. The molecule has 0 amide bonds. The second-order valence-electron chi connectivity index (χ2n) is 4.60. The van der Waals surface area contributed by atoms with Crippen molar-refractivity contribution < 1.29 is 8.42 Å². The van der Waals surface area contributed by atoms with Crippen LogP contribution in [0.3, 0.4) is 0 Å². The fourth-order valence-electron chi connectivity index (χ4n) is 1.80. The van der Waals surface area contributed by atoms with Crippen LogP contribution in [0.2, 0.25) is 0 Å². The van der Waals surface area contributed by atoms with Crippen molar-refractivity contribution in [3.05, 3.63) is 60.2 Å². The van der Waals surface area contributed by atoms with Gasteiger partial charge in [-0.2, -0.15) is 5.10 Å². The summed E-state index contributed by atoms with van der Waals surface area (Å²) in [6.07, 6.45) is 0. The molecule has 0 heterocycles. The molecule has 0 atom stereocenters. The third kappa shape index (κ3) is 3.92. The lowest BCUT2D eigenvalue weighted by molar-refractivity contribution is 0.597. The number of sulfone groups is 1. The zero-order chi connectivity index (χ0) is 15.3. The van der Waals surface area contributed by atoms with E-state index in [-0.39, 0.29) is 5.75 Å². The highest BCUT2D eigenvalue weighted by molar-refractivity contribution is 7.91. The molecule has 1 N–H and O–H groups in total. The van der Waals surface area contributed by atoms with Crippen LogP contribution in [0.1, 0.15) is 19.4 Å². The van der Waals surface area contributed by atoms with E-state index < -0.39 is 9.84 Å². The van der Waals surface area contributed by atoms with Crippen LogP contribution >= 0.6 is 0 Å². The quantitative estimate of drug-likeness (QED) is 0.681. The maximum Gasteiger partial charge on any atom is 0.178 e. The minimum atomic E-state index is -3.15. The summed E-state index contributed by atoms with van der Waals surface area (Å²) in [5.41, 5.74) is 5.55.